The highest BCUT2D eigenvalue weighted by Crippen LogP contribution is 2.29. The number of rotatable bonds is 8. The Labute approximate surface area is 203 Å². The molecule has 0 spiro atoms. The van der Waals surface area contributed by atoms with Crippen molar-refractivity contribution in [2.75, 3.05) is 24.2 Å². The number of nitrogens with one attached hydrogen (secondary N) is 1. The molecule has 0 radical (unpaired) electrons. The molecule has 2 rings (SSSR count). The first-order chi connectivity index (χ1) is 14.9. The van der Waals surface area contributed by atoms with Crippen LogP contribution in [0.4, 0.5) is 5.69 Å². The van der Waals surface area contributed by atoms with Crippen molar-refractivity contribution in [2.24, 2.45) is 0 Å². The molecule has 0 heterocycles. The molecule has 32 heavy (non-hydrogen) atoms. The van der Waals surface area contributed by atoms with Gasteiger partial charge in [-0.15, -0.1) is 0 Å². The van der Waals surface area contributed by atoms with Crippen molar-refractivity contribution in [3.63, 3.8) is 0 Å². The van der Waals surface area contributed by atoms with Gasteiger partial charge in [-0.3, -0.25) is 13.9 Å². The van der Waals surface area contributed by atoms with Crippen molar-refractivity contribution < 1.29 is 18.0 Å². The van der Waals surface area contributed by atoms with Crippen LogP contribution in [0.2, 0.25) is 15.1 Å². The van der Waals surface area contributed by atoms with Crippen molar-refractivity contribution in [3.05, 3.63) is 62.6 Å². The van der Waals surface area contributed by atoms with Gasteiger partial charge in [0, 0.05) is 18.6 Å². The number of hydrogen-bond donors (Lipinski definition) is 1. The Kier molecular flexibility index (Phi) is 8.82. The van der Waals surface area contributed by atoms with Crippen LogP contribution >= 0.6 is 34.8 Å². The third kappa shape index (κ3) is 6.28. The first kappa shape index (κ1) is 26.3. The average molecular weight is 521 g/mol. The summed E-state index contributed by atoms with van der Waals surface area (Å²) >= 11 is 18.2. The Morgan fingerprint density at radius 1 is 1.06 bits per heavy atom. The van der Waals surface area contributed by atoms with E-state index in [0.29, 0.717) is 26.2 Å². The number of likely N-dealkylation sites (N-methyl/N-ethyl adjacent to an activating group) is 1. The molecule has 0 unspecified atom stereocenters. The van der Waals surface area contributed by atoms with Gasteiger partial charge in [-0.25, -0.2) is 8.42 Å². The zero-order chi connectivity index (χ0) is 24.2. The lowest BCUT2D eigenvalue weighted by atomic mass is 10.1. The van der Waals surface area contributed by atoms with Gasteiger partial charge >= 0.3 is 0 Å². The van der Waals surface area contributed by atoms with Gasteiger partial charge in [0.25, 0.3) is 0 Å². The quantitative estimate of drug-likeness (QED) is 0.572. The fourth-order valence-electron chi connectivity index (χ4n) is 3.09. The largest absolute Gasteiger partial charge is 0.357 e. The van der Waals surface area contributed by atoms with Crippen LogP contribution in [0.3, 0.4) is 0 Å². The van der Waals surface area contributed by atoms with Crippen molar-refractivity contribution in [2.45, 2.75) is 26.4 Å². The maximum atomic E-state index is 13.3. The summed E-state index contributed by atoms with van der Waals surface area (Å²) in [6.45, 7) is 2.74. The SMILES string of the molecule is CNC(=O)[C@H](C)N(Cc1ccc(Cl)c(Cl)c1)C(=O)CN(c1cccc(Cl)c1C)S(C)(=O)=O. The number of carbonyl (C=O) groups is 2. The van der Waals surface area contributed by atoms with Crippen LogP contribution in [-0.4, -0.2) is 51.0 Å². The lowest BCUT2D eigenvalue weighted by Gasteiger charge is -2.31. The Morgan fingerprint density at radius 2 is 1.72 bits per heavy atom. The number of carbonyl (C=O) groups excluding carboxylic acids is 2. The molecule has 0 aromatic heterocycles. The molecule has 0 aliphatic rings. The summed E-state index contributed by atoms with van der Waals surface area (Å²) in [5, 5.41) is 3.54. The van der Waals surface area contributed by atoms with Gasteiger partial charge in [0.2, 0.25) is 21.8 Å². The summed E-state index contributed by atoms with van der Waals surface area (Å²) in [5.41, 5.74) is 1.44. The van der Waals surface area contributed by atoms with Crippen LogP contribution in [0, 0.1) is 6.92 Å². The minimum Gasteiger partial charge on any atom is -0.357 e. The van der Waals surface area contributed by atoms with E-state index in [1.165, 1.54) is 11.9 Å². The molecule has 7 nitrogen and oxygen atoms in total. The monoisotopic (exact) mass is 519 g/mol. The van der Waals surface area contributed by atoms with Crippen LogP contribution in [0.25, 0.3) is 0 Å². The molecule has 2 amide bonds. The third-order valence-electron chi connectivity index (χ3n) is 4.94. The van der Waals surface area contributed by atoms with Crippen molar-refractivity contribution >= 4 is 62.3 Å². The summed E-state index contributed by atoms with van der Waals surface area (Å²) in [6, 6.07) is 8.80. The van der Waals surface area contributed by atoms with Crippen LogP contribution in [-0.2, 0) is 26.2 Å². The molecule has 0 fully saturated rings. The first-order valence-corrected chi connectivity index (χ1v) is 12.5. The normalized spacial score (nSPS) is 12.2. The summed E-state index contributed by atoms with van der Waals surface area (Å²) in [6.07, 6.45) is 1.01. The summed E-state index contributed by atoms with van der Waals surface area (Å²) in [7, 11) is -2.38. The topological polar surface area (TPSA) is 86.8 Å². The molecule has 2 aromatic carbocycles. The highest BCUT2D eigenvalue weighted by Gasteiger charge is 2.30. The minimum absolute atomic E-state index is 0.0242. The van der Waals surface area contributed by atoms with Crippen LogP contribution in [0.5, 0.6) is 0 Å². The van der Waals surface area contributed by atoms with E-state index in [-0.39, 0.29) is 12.2 Å². The number of halogens is 3. The molecule has 0 aliphatic carbocycles. The van der Waals surface area contributed by atoms with E-state index in [1.54, 1.807) is 50.2 Å². The molecule has 11 heteroatoms. The van der Waals surface area contributed by atoms with Gasteiger partial charge in [-0.05, 0) is 49.2 Å². The van der Waals surface area contributed by atoms with E-state index in [4.69, 9.17) is 34.8 Å². The zero-order valence-electron chi connectivity index (χ0n) is 18.0. The highest BCUT2D eigenvalue weighted by molar-refractivity contribution is 7.92. The molecule has 2 aromatic rings. The molecule has 0 aliphatic heterocycles. The zero-order valence-corrected chi connectivity index (χ0v) is 21.1. The number of sulfonamides is 1. The molecular formula is C21H24Cl3N3O4S. The summed E-state index contributed by atoms with van der Waals surface area (Å²) in [5.74, 6) is -0.972. The maximum Gasteiger partial charge on any atom is 0.244 e. The van der Waals surface area contributed by atoms with E-state index >= 15 is 0 Å². The smallest absolute Gasteiger partial charge is 0.244 e. The Hall–Kier alpha value is -2.00. The Balaban J connectivity index is 2.45. The average Bonchev–Trinajstić information content (AvgIpc) is 2.73. The molecule has 1 atom stereocenters. The van der Waals surface area contributed by atoms with E-state index in [0.717, 1.165) is 10.6 Å². The number of anilines is 1. The molecule has 174 valence electrons. The number of hydrogen-bond acceptors (Lipinski definition) is 4. The van der Waals surface area contributed by atoms with E-state index in [1.807, 2.05) is 0 Å². The summed E-state index contributed by atoms with van der Waals surface area (Å²) < 4.78 is 26.1. The van der Waals surface area contributed by atoms with Gasteiger partial charge in [-0.1, -0.05) is 46.9 Å². The predicted molar refractivity (Wildman–Crippen MR) is 129 cm³/mol. The fourth-order valence-corrected chi connectivity index (χ4v) is 4.48. The van der Waals surface area contributed by atoms with Gasteiger partial charge in [0.1, 0.15) is 12.6 Å². The van der Waals surface area contributed by atoms with Crippen molar-refractivity contribution in [1.82, 2.24) is 10.2 Å². The molecule has 0 saturated carbocycles. The van der Waals surface area contributed by atoms with Crippen LogP contribution in [0.15, 0.2) is 36.4 Å². The fraction of sp³-hybridized carbons (Fsp3) is 0.333. The van der Waals surface area contributed by atoms with E-state index < -0.39 is 34.4 Å². The van der Waals surface area contributed by atoms with Crippen molar-refractivity contribution in [3.8, 4) is 0 Å². The second kappa shape index (κ2) is 10.7. The first-order valence-electron chi connectivity index (χ1n) is 9.54. The lowest BCUT2D eigenvalue weighted by Crippen LogP contribution is -2.50. The number of nitrogens with zero attached hydrogens (tertiary/aromatic N) is 2. The van der Waals surface area contributed by atoms with Crippen molar-refractivity contribution in [1.29, 1.82) is 0 Å². The Bertz CT molecular complexity index is 1130. The molecular weight excluding hydrogens is 497 g/mol. The van der Waals surface area contributed by atoms with Gasteiger partial charge in [-0.2, -0.15) is 0 Å². The highest BCUT2D eigenvalue weighted by atomic mass is 35.5. The number of benzene rings is 2. The number of amides is 2. The predicted octanol–water partition coefficient (Wildman–Crippen LogP) is 3.88. The molecule has 0 saturated heterocycles. The summed E-state index contributed by atoms with van der Waals surface area (Å²) in [4.78, 5) is 26.9. The second-order valence-electron chi connectivity index (χ2n) is 7.21. The minimum atomic E-state index is -3.83. The second-order valence-corrected chi connectivity index (χ2v) is 10.3. The van der Waals surface area contributed by atoms with Gasteiger partial charge in [0.15, 0.2) is 0 Å². The van der Waals surface area contributed by atoms with Gasteiger partial charge < -0.3 is 10.2 Å². The van der Waals surface area contributed by atoms with E-state index in [9.17, 15) is 18.0 Å². The van der Waals surface area contributed by atoms with Gasteiger partial charge in [0.05, 0.1) is 22.0 Å². The third-order valence-corrected chi connectivity index (χ3v) is 7.21. The Morgan fingerprint density at radius 3 is 2.28 bits per heavy atom. The maximum absolute atomic E-state index is 13.3. The molecule has 0 bridgehead atoms. The molecule has 1 N–H and O–H groups in total. The van der Waals surface area contributed by atoms with Crippen LogP contribution in [0.1, 0.15) is 18.1 Å². The van der Waals surface area contributed by atoms with Crippen LogP contribution < -0.4 is 9.62 Å². The standard InChI is InChI=1S/C21H24Cl3N3O4S/c1-13-16(22)6-5-7-19(13)27(32(4,30)31)12-20(28)26(14(2)21(29)25-3)11-15-8-9-17(23)18(24)10-15/h5-10,14H,11-12H2,1-4H3,(H,25,29)/t14-/m0/s1. The van der Waals surface area contributed by atoms with E-state index in [2.05, 4.69) is 5.32 Å². The lowest BCUT2D eigenvalue weighted by molar-refractivity contribution is -0.139.